The lowest BCUT2D eigenvalue weighted by Gasteiger charge is -2.44. The summed E-state index contributed by atoms with van der Waals surface area (Å²) in [6, 6.07) is -0.706. The monoisotopic (exact) mass is 419 g/mol. The molecule has 4 atom stereocenters. The highest BCUT2D eigenvalue weighted by Crippen LogP contribution is 2.39. The van der Waals surface area contributed by atoms with Crippen molar-refractivity contribution in [1.82, 2.24) is 5.32 Å². The lowest BCUT2D eigenvalue weighted by Crippen LogP contribution is -2.57. The summed E-state index contributed by atoms with van der Waals surface area (Å²) in [5, 5.41) is 1.99. The van der Waals surface area contributed by atoms with Crippen molar-refractivity contribution < 1.29 is 27.1 Å². The second kappa shape index (κ2) is 7.01. The number of halogens is 4. The van der Waals surface area contributed by atoms with Crippen LogP contribution in [-0.4, -0.2) is 43.7 Å². The first-order chi connectivity index (χ1) is 10.1. The first-order valence-electron chi connectivity index (χ1n) is 7.50. The molecule has 1 aliphatic heterocycles. The summed E-state index contributed by atoms with van der Waals surface area (Å²) in [7, 11) is -2.13. The molecule has 0 aromatic heterocycles. The van der Waals surface area contributed by atoms with Gasteiger partial charge in [-0.25, -0.2) is 0 Å². The number of amides is 1. The third-order valence-electron chi connectivity index (χ3n) is 4.45. The van der Waals surface area contributed by atoms with Gasteiger partial charge in [0.25, 0.3) is 0 Å². The number of hydrogen-bond donors (Lipinski definition) is 1. The molecule has 136 valence electrons. The first-order valence-corrected chi connectivity index (χ1v) is 11.3. The van der Waals surface area contributed by atoms with Gasteiger partial charge in [0.2, 0.25) is 0 Å². The Bertz CT molecular complexity index is 440. The standard InChI is InChI=1S/C14H25BrF3NO3Si/c1-8-11(15)9(19-12(20)14(16,17)18)7-10(21-8)22-23(5,6)13(2,3)4/h8-11H,7H2,1-6H3,(H,19,20)/t8-,9-,10+,11+/m0/s1. The van der Waals surface area contributed by atoms with E-state index in [9.17, 15) is 18.0 Å². The fourth-order valence-corrected chi connectivity index (χ4v) is 3.64. The van der Waals surface area contributed by atoms with Gasteiger partial charge in [-0.15, -0.1) is 0 Å². The van der Waals surface area contributed by atoms with Crippen LogP contribution in [0, 0.1) is 0 Å². The third kappa shape index (κ3) is 5.44. The van der Waals surface area contributed by atoms with E-state index in [-0.39, 0.29) is 17.6 Å². The van der Waals surface area contributed by atoms with E-state index in [0.717, 1.165) is 0 Å². The Kier molecular flexibility index (Phi) is 6.38. The summed E-state index contributed by atoms with van der Waals surface area (Å²) < 4.78 is 49.3. The van der Waals surface area contributed by atoms with Crippen molar-refractivity contribution in [2.45, 2.75) is 81.7 Å². The quantitative estimate of drug-likeness (QED) is 0.556. The first kappa shape index (κ1) is 20.9. The Morgan fingerprint density at radius 1 is 1.30 bits per heavy atom. The SMILES string of the molecule is C[C@@H]1O[C@H](O[Si](C)(C)C(C)(C)C)C[C@H](NC(=O)C(F)(F)F)[C@@H]1Br. The number of rotatable bonds is 3. The summed E-state index contributed by atoms with van der Waals surface area (Å²) in [5.74, 6) is -1.94. The molecule has 1 fully saturated rings. The fraction of sp³-hybridized carbons (Fsp3) is 0.929. The number of carbonyl (C=O) groups excluding carboxylic acids is 1. The van der Waals surface area contributed by atoms with Crippen molar-refractivity contribution >= 4 is 30.2 Å². The summed E-state index contributed by atoms with van der Waals surface area (Å²) in [4.78, 5) is 10.8. The minimum atomic E-state index is -4.90. The van der Waals surface area contributed by atoms with E-state index >= 15 is 0 Å². The van der Waals surface area contributed by atoms with Crippen LogP contribution in [0.3, 0.4) is 0 Å². The molecule has 1 aliphatic rings. The summed E-state index contributed by atoms with van der Waals surface area (Å²) >= 11 is 3.31. The molecular formula is C14H25BrF3NO3Si. The second-order valence-electron chi connectivity index (χ2n) is 7.41. The van der Waals surface area contributed by atoms with Crippen molar-refractivity contribution in [3.05, 3.63) is 0 Å². The molecular weight excluding hydrogens is 395 g/mol. The van der Waals surface area contributed by atoms with Crippen LogP contribution in [0.4, 0.5) is 13.2 Å². The van der Waals surface area contributed by atoms with Gasteiger partial charge in [0.05, 0.1) is 10.9 Å². The van der Waals surface area contributed by atoms with E-state index in [1.165, 1.54) is 0 Å². The summed E-state index contributed by atoms with van der Waals surface area (Å²) in [6.07, 6.45) is -5.73. The molecule has 9 heteroatoms. The van der Waals surface area contributed by atoms with Crippen LogP contribution < -0.4 is 5.32 Å². The normalized spacial score (nSPS) is 30.2. The molecule has 0 spiro atoms. The number of carbonyl (C=O) groups is 1. The van der Waals surface area contributed by atoms with Gasteiger partial charge in [0.1, 0.15) is 6.29 Å². The Morgan fingerprint density at radius 2 is 1.83 bits per heavy atom. The van der Waals surface area contributed by atoms with E-state index in [0.29, 0.717) is 0 Å². The predicted molar refractivity (Wildman–Crippen MR) is 87.9 cm³/mol. The molecule has 23 heavy (non-hydrogen) atoms. The second-order valence-corrected chi connectivity index (χ2v) is 13.2. The maximum Gasteiger partial charge on any atom is 0.471 e. The van der Waals surface area contributed by atoms with E-state index < -0.39 is 37.6 Å². The van der Waals surface area contributed by atoms with Crippen LogP contribution in [0.5, 0.6) is 0 Å². The van der Waals surface area contributed by atoms with Gasteiger partial charge in [-0.2, -0.15) is 13.2 Å². The summed E-state index contributed by atoms with van der Waals surface area (Å²) in [5.41, 5.74) is 0. The zero-order valence-corrected chi connectivity index (χ0v) is 16.8. The molecule has 0 saturated carbocycles. The van der Waals surface area contributed by atoms with Crippen LogP contribution in [0.2, 0.25) is 18.1 Å². The third-order valence-corrected chi connectivity index (χ3v) is 10.3. The van der Waals surface area contributed by atoms with Gasteiger partial charge < -0.3 is 14.5 Å². The average Bonchev–Trinajstić information content (AvgIpc) is 2.32. The molecule has 0 aromatic carbocycles. The van der Waals surface area contributed by atoms with Crippen molar-refractivity contribution in [3.8, 4) is 0 Å². The Balaban J connectivity index is 2.81. The molecule has 0 aromatic rings. The van der Waals surface area contributed by atoms with E-state index in [4.69, 9.17) is 9.16 Å². The number of hydrogen-bond acceptors (Lipinski definition) is 3. The van der Waals surface area contributed by atoms with Gasteiger partial charge in [-0.1, -0.05) is 36.7 Å². The van der Waals surface area contributed by atoms with Crippen LogP contribution in [0.15, 0.2) is 0 Å². The van der Waals surface area contributed by atoms with Crippen molar-refractivity contribution in [1.29, 1.82) is 0 Å². The molecule has 0 bridgehead atoms. The molecule has 4 nitrogen and oxygen atoms in total. The number of alkyl halides is 4. The molecule has 0 radical (unpaired) electrons. The van der Waals surface area contributed by atoms with Crippen LogP contribution in [0.1, 0.15) is 34.1 Å². The van der Waals surface area contributed by atoms with Gasteiger partial charge >= 0.3 is 12.1 Å². The predicted octanol–water partition coefficient (Wildman–Crippen LogP) is 3.95. The van der Waals surface area contributed by atoms with Crippen LogP contribution in [0.25, 0.3) is 0 Å². The zero-order chi connectivity index (χ0) is 18.2. The van der Waals surface area contributed by atoms with E-state index in [1.807, 2.05) is 18.4 Å². The molecule has 1 amide bonds. The highest BCUT2D eigenvalue weighted by atomic mass is 79.9. The lowest BCUT2D eigenvalue weighted by molar-refractivity contribution is -0.179. The molecule has 1 heterocycles. The maximum absolute atomic E-state index is 12.5. The molecule has 0 unspecified atom stereocenters. The molecule has 1 rings (SSSR count). The molecule has 1 saturated heterocycles. The topological polar surface area (TPSA) is 47.6 Å². The highest BCUT2D eigenvalue weighted by Gasteiger charge is 2.46. The Hall–Kier alpha value is -0.123. The minimum absolute atomic E-state index is 0.0461. The number of nitrogens with one attached hydrogen (secondary N) is 1. The van der Waals surface area contributed by atoms with Gasteiger partial charge in [0.15, 0.2) is 8.32 Å². The lowest BCUT2D eigenvalue weighted by atomic mass is 10.0. The van der Waals surface area contributed by atoms with Gasteiger partial charge in [-0.3, -0.25) is 4.79 Å². The number of ether oxygens (including phenoxy) is 1. The molecule has 0 aliphatic carbocycles. The van der Waals surface area contributed by atoms with Crippen molar-refractivity contribution in [2.24, 2.45) is 0 Å². The van der Waals surface area contributed by atoms with Crippen LogP contribution in [-0.2, 0) is 14.0 Å². The fourth-order valence-electron chi connectivity index (χ4n) is 2.00. The summed E-state index contributed by atoms with van der Waals surface area (Å²) in [6.45, 7) is 12.0. The zero-order valence-electron chi connectivity index (χ0n) is 14.3. The Labute approximate surface area is 144 Å². The van der Waals surface area contributed by atoms with E-state index in [2.05, 4.69) is 36.7 Å². The largest absolute Gasteiger partial charge is 0.471 e. The maximum atomic E-state index is 12.5. The highest BCUT2D eigenvalue weighted by molar-refractivity contribution is 9.09. The molecule has 1 N–H and O–H groups in total. The van der Waals surface area contributed by atoms with Gasteiger partial charge in [-0.05, 0) is 25.1 Å². The van der Waals surface area contributed by atoms with E-state index in [1.54, 1.807) is 6.92 Å². The minimum Gasteiger partial charge on any atom is -0.392 e. The average molecular weight is 420 g/mol. The van der Waals surface area contributed by atoms with Crippen molar-refractivity contribution in [2.75, 3.05) is 0 Å². The van der Waals surface area contributed by atoms with Gasteiger partial charge in [0, 0.05) is 12.5 Å². The smallest absolute Gasteiger partial charge is 0.392 e. The Morgan fingerprint density at radius 3 is 2.26 bits per heavy atom. The van der Waals surface area contributed by atoms with Crippen molar-refractivity contribution in [3.63, 3.8) is 0 Å². The van der Waals surface area contributed by atoms with Crippen LogP contribution >= 0.6 is 15.9 Å².